The molecule has 1 heterocycles. The Morgan fingerprint density at radius 2 is 1.68 bits per heavy atom. The van der Waals surface area contributed by atoms with E-state index in [0.29, 0.717) is 20.9 Å². The van der Waals surface area contributed by atoms with Gasteiger partial charge in [-0.2, -0.15) is 10.2 Å². The van der Waals surface area contributed by atoms with E-state index in [9.17, 15) is 0 Å². The number of benzene rings is 3. The highest BCUT2D eigenvalue weighted by Crippen LogP contribution is 2.31. The van der Waals surface area contributed by atoms with Crippen molar-refractivity contribution >= 4 is 52.4 Å². The zero-order valence-electron chi connectivity index (χ0n) is 16.2. The van der Waals surface area contributed by atoms with Crippen molar-refractivity contribution in [2.24, 2.45) is 5.10 Å². The lowest BCUT2D eigenvalue weighted by molar-refractivity contribution is 0.884. The number of hydrogen-bond donors (Lipinski definition) is 2. The Hall–Kier alpha value is -3.19. The number of hydrogen-bond acceptors (Lipinski definition) is 3. The molecule has 0 aliphatic carbocycles. The normalized spacial score (nSPS) is 10.9. The van der Waals surface area contributed by atoms with Crippen molar-refractivity contribution in [1.82, 2.24) is 15.2 Å². The van der Waals surface area contributed by atoms with Gasteiger partial charge in [0.2, 0.25) is 0 Å². The molecule has 0 amide bonds. The van der Waals surface area contributed by atoms with E-state index in [2.05, 4.69) is 15.8 Å². The van der Waals surface area contributed by atoms with Gasteiger partial charge in [-0.25, -0.2) is 4.68 Å². The first kappa shape index (κ1) is 21.1. The van der Waals surface area contributed by atoms with Crippen molar-refractivity contribution in [2.75, 3.05) is 5.32 Å². The Labute approximate surface area is 195 Å². The molecule has 0 radical (unpaired) electrons. The Kier molecular flexibility index (Phi) is 6.62. The summed E-state index contributed by atoms with van der Waals surface area (Å²) >= 11 is 17.8. The van der Waals surface area contributed by atoms with E-state index in [1.807, 2.05) is 72.9 Å². The van der Waals surface area contributed by atoms with Crippen LogP contribution in [-0.4, -0.2) is 21.1 Å². The Bertz CT molecular complexity index is 1220. The average Bonchev–Trinajstić information content (AvgIpc) is 3.19. The van der Waals surface area contributed by atoms with E-state index >= 15 is 0 Å². The third-order valence-corrected chi connectivity index (χ3v) is 5.09. The zero-order chi connectivity index (χ0) is 21.6. The highest BCUT2D eigenvalue weighted by atomic mass is 35.5. The van der Waals surface area contributed by atoms with Crippen LogP contribution in [0.4, 0.5) is 5.69 Å². The smallest absolute Gasteiger partial charge is 0.191 e. The van der Waals surface area contributed by atoms with Crippen molar-refractivity contribution < 1.29 is 0 Å². The maximum atomic E-state index is 6.44. The zero-order valence-corrected chi connectivity index (χ0v) is 18.5. The average molecular weight is 466 g/mol. The minimum Gasteiger partial charge on any atom is -0.331 e. The molecule has 0 fully saturated rings. The van der Waals surface area contributed by atoms with Gasteiger partial charge >= 0.3 is 0 Å². The van der Waals surface area contributed by atoms with Crippen LogP contribution in [-0.2, 0) is 0 Å². The molecule has 0 saturated heterocycles. The van der Waals surface area contributed by atoms with E-state index in [1.54, 1.807) is 23.0 Å². The fourth-order valence-corrected chi connectivity index (χ4v) is 3.60. The standard InChI is InChI=1S/C23H17Cl2N5S/c24-17-11-12-20(21(25)13-17)22-16(15-30(29-22)19-9-5-2-6-10-19)14-26-28-23(31)27-18-7-3-1-4-8-18/h1-15H,(H2,27,28,31). The lowest BCUT2D eigenvalue weighted by atomic mass is 10.1. The Morgan fingerprint density at radius 3 is 2.39 bits per heavy atom. The van der Waals surface area contributed by atoms with Crippen LogP contribution in [0.2, 0.25) is 10.0 Å². The Balaban J connectivity index is 1.61. The molecule has 0 atom stereocenters. The molecular weight excluding hydrogens is 449 g/mol. The second kappa shape index (κ2) is 9.75. The van der Waals surface area contributed by atoms with Crippen molar-refractivity contribution in [3.63, 3.8) is 0 Å². The molecule has 0 saturated carbocycles. The lowest BCUT2D eigenvalue weighted by Crippen LogP contribution is -2.23. The quantitative estimate of drug-likeness (QED) is 0.210. The van der Waals surface area contributed by atoms with Gasteiger partial charge < -0.3 is 5.32 Å². The number of para-hydroxylation sites is 2. The third kappa shape index (κ3) is 5.30. The van der Waals surface area contributed by atoms with Gasteiger partial charge in [-0.3, -0.25) is 5.43 Å². The van der Waals surface area contributed by atoms with Crippen LogP contribution in [0.15, 0.2) is 90.2 Å². The monoisotopic (exact) mass is 465 g/mol. The summed E-state index contributed by atoms with van der Waals surface area (Å²) in [6.45, 7) is 0. The first-order valence-electron chi connectivity index (χ1n) is 9.36. The molecule has 4 rings (SSSR count). The van der Waals surface area contributed by atoms with E-state index in [0.717, 1.165) is 22.5 Å². The Morgan fingerprint density at radius 1 is 0.968 bits per heavy atom. The number of anilines is 1. The predicted octanol–water partition coefficient (Wildman–Crippen LogP) is 6.17. The maximum Gasteiger partial charge on any atom is 0.191 e. The van der Waals surface area contributed by atoms with E-state index in [-0.39, 0.29) is 0 Å². The van der Waals surface area contributed by atoms with E-state index < -0.39 is 0 Å². The van der Waals surface area contributed by atoms with Crippen LogP contribution in [0.25, 0.3) is 16.9 Å². The largest absolute Gasteiger partial charge is 0.331 e. The molecule has 0 aliphatic rings. The molecule has 2 N–H and O–H groups in total. The topological polar surface area (TPSA) is 54.2 Å². The fraction of sp³-hybridized carbons (Fsp3) is 0. The number of hydrazone groups is 1. The molecule has 0 unspecified atom stereocenters. The molecule has 4 aromatic rings. The minimum atomic E-state index is 0.379. The lowest BCUT2D eigenvalue weighted by Gasteiger charge is -2.06. The van der Waals surface area contributed by atoms with Gasteiger partial charge in [-0.05, 0) is 54.7 Å². The number of nitrogens with zero attached hydrogens (tertiary/aromatic N) is 3. The fourth-order valence-electron chi connectivity index (χ4n) is 2.93. The van der Waals surface area contributed by atoms with Crippen LogP contribution < -0.4 is 10.7 Å². The number of rotatable bonds is 5. The highest BCUT2D eigenvalue weighted by molar-refractivity contribution is 7.80. The molecule has 0 aliphatic heterocycles. The second-order valence-electron chi connectivity index (χ2n) is 6.53. The second-order valence-corrected chi connectivity index (χ2v) is 7.78. The first-order valence-corrected chi connectivity index (χ1v) is 10.5. The maximum absolute atomic E-state index is 6.44. The number of thiocarbonyl (C=S) groups is 1. The molecule has 0 bridgehead atoms. The molecular formula is C23H17Cl2N5S. The van der Waals surface area contributed by atoms with Crippen molar-refractivity contribution in [2.45, 2.75) is 0 Å². The number of halogens is 2. The summed E-state index contributed by atoms with van der Waals surface area (Å²) in [5.41, 5.74) is 6.83. The van der Waals surface area contributed by atoms with Crippen LogP contribution >= 0.6 is 35.4 Å². The van der Waals surface area contributed by atoms with Gasteiger partial charge in [0.25, 0.3) is 0 Å². The molecule has 1 aromatic heterocycles. The molecule has 31 heavy (non-hydrogen) atoms. The van der Waals surface area contributed by atoms with Gasteiger partial charge in [0.1, 0.15) is 5.69 Å². The predicted molar refractivity (Wildman–Crippen MR) is 132 cm³/mol. The van der Waals surface area contributed by atoms with Gasteiger partial charge in [0.15, 0.2) is 5.11 Å². The van der Waals surface area contributed by atoms with E-state index in [1.165, 1.54) is 0 Å². The SMILES string of the molecule is S=C(NN=Cc1cn(-c2ccccc2)nc1-c1ccc(Cl)cc1Cl)Nc1ccccc1. The van der Waals surface area contributed by atoms with Crippen molar-refractivity contribution in [1.29, 1.82) is 0 Å². The number of aromatic nitrogens is 2. The van der Waals surface area contributed by atoms with Crippen molar-refractivity contribution in [3.8, 4) is 16.9 Å². The molecule has 0 spiro atoms. The van der Waals surface area contributed by atoms with E-state index in [4.69, 9.17) is 40.5 Å². The summed E-state index contributed by atoms with van der Waals surface area (Å²) in [4.78, 5) is 0. The first-order chi connectivity index (χ1) is 15.1. The summed E-state index contributed by atoms with van der Waals surface area (Å²) in [5.74, 6) is 0. The summed E-state index contributed by atoms with van der Waals surface area (Å²) in [5, 5.41) is 13.5. The molecule has 3 aromatic carbocycles. The summed E-state index contributed by atoms with van der Waals surface area (Å²) in [6.07, 6.45) is 3.54. The summed E-state index contributed by atoms with van der Waals surface area (Å²) in [7, 11) is 0. The van der Waals surface area contributed by atoms with Gasteiger partial charge in [-0.15, -0.1) is 0 Å². The van der Waals surface area contributed by atoms with Crippen LogP contribution in [0.3, 0.4) is 0 Å². The minimum absolute atomic E-state index is 0.379. The van der Waals surface area contributed by atoms with Gasteiger partial charge in [0.05, 0.1) is 16.9 Å². The van der Waals surface area contributed by atoms with Gasteiger partial charge in [0, 0.05) is 28.0 Å². The van der Waals surface area contributed by atoms with Gasteiger partial charge in [-0.1, -0.05) is 59.6 Å². The molecule has 154 valence electrons. The highest BCUT2D eigenvalue weighted by Gasteiger charge is 2.14. The molecule has 5 nitrogen and oxygen atoms in total. The van der Waals surface area contributed by atoms with Crippen LogP contribution in [0.1, 0.15) is 5.56 Å². The molecule has 8 heteroatoms. The summed E-state index contributed by atoms with van der Waals surface area (Å²) in [6, 6.07) is 24.7. The summed E-state index contributed by atoms with van der Waals surface area (Å²) < 4.78 is 1.78. The third-order valence-electron chi connectivity index (χ3n) is 4.35. The van der Waals surface area contributed by atoms with Crippen LogP contribution in [0, 0.1) is 0 Å². The van der Waals surface area contributed by atoms with Crippen molar-refractivity contribution in [3.05, 3.63) is 101 Å². The number of nitrogens with one attached hydrogen (secondary N) is 2. The van der Waals surface area contributed by atoms with Crippen LogP contribution in [0.5, 0.6) is 0 Å².